The number of nitro groups is 1. The van der Waals surface area contributed by atoms with Gasteiger partial charge in [-0.1, -0.05) is 17.8 Å². The monoisotopic (exact) mass is 332 g/mol. The maximum absolute atomic E-state index is 13.3. The zero-order chi connectivity index (χ0) is 16.6. The molecule has 8 heteroatoms. The third-order valence-corrected chi connectivity index (χ3v) is 4.21. The topological polar surface area (TPSA) is 92.5 Å². The minimum Gasteiger partial charge on any atom is -0.502 e. The largest absolute Gasteiger partial charge is 0.502 e. The van der Waals surface area contributed by atoms with Crippen LogP contribution in [-0.4, -0.2) is 15.9 Å². The number of hydrogen-bond donors (Lipinski definition) is 2. The summed E-state index contributed by atoms with van der Waals surface area (Å²) >= 11 is 1.07. The summed E-state index contributed by atoms with van der Waals surface area (Å²) in [6, 6.07) is 7.81. The first-order valence-corrected chi connectivity index (χ1v) is 7.23. The number of nitrogens with one attached hydrogen (secondary N) is 1. The van der Waals surface area contributed by atoms with E-state index in [4.69, 9.17) is 0 Å². The molecule has 1 amide bonds. The predicted octanol–water partition coefficient (Wildman–Crippen LogP) is 3.52. The zero-order valence-corrected chi connectivity index (χ0v) is 12.3. The van der Waals surface area contributed by atoms with Gasteiger partial charge in [-0.15, -0.1) is 0 Å². The lowest BCUT2D eigenvalue weighted by Crippen LogP contribution is -2.17. The van der Waals surface area contributed by atoms with Gasteiger partial charge in [-0.2, -0.15) is 0 Å². The smallest absolute Gasteiger partial charge is 0.311 e. The second-order valence-electron chi connectivity index (χ2n) is 4.71. The van der Waals surface area contributed by atoms with Crippen molar-refractivity contribution in [1.82, 2.24) is 0 Å². The molecule has 0 spiro atoms. The maximum Gasteiger partial charge on any atom is 0.311 e. The third-order valence-electron chi connectivity index (χ3n) is 3.13. The molecule has 0 aromatic heterocycles. The Balaban J connectivity index is 1.98. The van der Waals surface area contributed by atoms with Crippen molar-refractivity contribution in [2.24, 2.45) is 0 Å². The van der Waals surface area contributed by atoms with Crippen LogP contribution < -0.4 is 5.32 Å². The number of fused-ring (bicyclic) bond motifs is 1. The Morgan fingerprint density at radius 1 is 1.26 bits per heavy atom. The average Bonchev–Trinajstić information content (AvgIpc) is 2.50. The van der Waals surface area contributed by atoms with Gasteiger partial charge in [0, 0.05) is 11.0 Å². The summed E-state index contributed by atoms with van der Waals surface area (Å²) in [5.41, 5.74) is 0.439. The summed E-state index contributed by atoms with van der Waals surface area (Å²) in [4.78, 5) is 23.0. The van der Waals surface area contributed by atoms with Gasteiger partial charge in [-0.05, 0) is 35.9 Å². The summed E-state index contributed by atoms with van der Waals surface area (Å²) in [7, 11) is 0. The minimum absolute atomic E-state index is 0.267. The molecule has 3 rings (SSSR count). The molecule has 0 fully saturated rings. The molecule has 0 atom stereocenters. The van der Waals surface area contributed by atoms with Crippen LogP contribution in [0.1, 0.15) is 5.56 Å². The highest BCUT2D eigenvalue weighted by molar-refractivity contribution is 8.04. The van der Waals surface area contributed by atoms with E-state index in [9.17, 15) is 24.4 Å². The second-order valence-corrected chi connectivity index (χ2v) is 5.79. The summed E-state index contributed by atoms with van der Waals surface area (Å²) in [5, 5.41) is 22.9. The summed E-state index contributed by atoms with van der Waals surface area (Å²) in [5.74, 6) is -1.26. The van der Waals surface area contributed by atoms with Crippen molar-refractivity contribution in [3.05, 3.63) is 62.8 Å². The summed E-state index contributed by atoms with van der Waals surface area (Å²) in [6.45, 7) is 0. The van der Waals surface area contributed by atoms with Crippen LogP contribution in [0.15, 0.2) is 46.2 Å². The molecule has 2 aromatic carbocycles. The number of nitrogens with zero attached hydrogens (tertiary/aromatic N) is 1. The van der Waals surface area contributed by atoms with Crippen molar-refractivity contribution >= 4 is 35.1 Å². The van der Waals surface area contributed by atoms with Gasteiger partial charge in [0.1, 0.15) is 5.82 Å². The number of anilines is 1. The number of carbonyl (C=O) groups excluding carboxylic acids is 1. The van der Waals surface area contributed by atoms with Gasteiger partial charge in [-0.25, -0.2) is 4.39 Å². The van der Waals surface area contributed by atoms with E-state index in [1.165, 1.54) is 36.4 Å². The molecule has 2 aromatic rings. The number of carbonyl (C=O) groups is 1. The van der Waals surface area contributed by atoms with Crippen LogP contribution in [-0.2, 0) is 4.79 Å². The summed E-state index contributed by atoms with van der Waals surface area (Å²) < 4.78 is 13.3. The van der Waals surface area contributed by atoms with Gasteiger partial charge in [-0.3, -0.25) is 14.9 Å². The molecule has 1 aliphatic heterocycles. The lowest BCUT2D eigenvalue weighted by molar-refractivity contribution is -0.385. The lowest BCUT2D eigenvalue weighted by atomic mass is 10.1. The van der Waals surface area contributed by atoms with Crippen LogP contribution in [0.5, 0.6) is 5.75 Å². The molecule has 0 unspecified atom stereocenters. The van der Waals surface area contributed by atoms with E-state index in [2.05, 4.69) is 5.32 Å². The molecule has 116 valence electrons. The van der Waals surface area contributed by atoms with Crippen molar-refractivity contribution < 1.29 is 19.2 Å². The number of aromatic hydroxyl groups is 1. The van der Waals surface area contributed by atoms with Crippen molar-refractivity contribution in [3.63, 3.8) is 0 Å². The van der Waals surface area contributed by atoms with E-state index in [1.807, 2.05) is 0 Å². The molecule has 1 heterocycles. The second kappa shape index (κ2) is 5.73. The highest BCUT2D eigenvalue weighted by Gasteiger charge is 2.22. The van der Waals surface area contributed by atoms with E-state index in [-0.39, 0.29) is 10.8 Å². The Hall–Kier alpha value is -2.87. The van der Waals surface area contributed by atoms with Gasteiger partial charge < -0.3 is 10.4 Å². The molecular weight excluding hydrogens is 323 g/mol. The fraction of sp³-hybridized carbons (Fsp3) is 0. The molecule has 0 radical (unpaired) electrons. The van der Waals surface area contributed by atoms with Crippen LogP contribution in [0.3, 0.4) is 0 Å². The molecule has 0 saturated heterocycles. The zero-order valence-electron chi connectivity index (χ0n) is 11.4. The van der Waals surface area contributed by atoms with Gasteiger partial charge in [0.25, 0.3) is 5.91 Å². The molecule has 23 heavy (non-hydrogen) atoms. The van der Waals surface area contributed by atoms with Crippen LogP contribution >= 0.6 is 11.8 Å². The Morgan fingerprint density at radius 2 is 2.04 bits per heavy atom. The Morgan fingerprint density at radius 3 is 2.78 bits per heavy atom. The highest BCUT2D eigenvalue weighted by atomic mass is 32.2. The van der Waals surface area contributed by atoms with Gasteiger partial charge in [0.15, 0.2) is 5.75 Å². The summed E-state index contributed by atoms with van der Waals surface area (Å²) in [6.07, 6.45) is 1.44. The standard InChI is InChI=1S/C15H9FN2O4S/c16-9-2-3-10-13(7-9)23-14(15(20)17-10)6-8-1-4-12(19)11(5-8)18(21)22/h1-7,19H,(H,17,20)/b14-6+. The van der Waals surface area contributed by atoms with Crippen molar-refractivity contribution in [3.8, 4) is 5.75 Å². The maximum atomic E-state index is 13.3. The molecule has 2 N–H and O–H groups in total. The minimum atomic E-state index is -0.712. The Labute approximate surface area is 133 Å². The van der Waals surface area contributed by atoms with E-state index >= 15 is 0 Å². The fourth-order valence-corrected chi connectivity index (χ4v) is 3.03. The molecule has 0 saturated carbocycles. The Bertz CT molecular complexity index is 867. The number of thioether (sulfide) groups is 1. The SMILES string of the molecule is O=C1Nc2ccc(F)cc2S/C1=C/c1ccc(O)c([N+](=O)[O-])c1. The van der Waals surface area contributed by atoms with Gasteiger partial charge >= 0.3 is 5.69 Å². The van der Waals surface area contributed by atoms with Crippen LogP contribution in [0, 0.1) is 15.9 Å². The Kier molecular flexibility index (Phi) is 3.75. The quantitative estimate of drug-likeness (QED) is 0.499. The van der Waals surface area contributed by atoms with E-state index in [0.717, 1.165) is 17.8 Å². The van der Waals surface area contributed by atoms with E-state index in [1.54, 1.807) is 0 Å². The average molecular weight is 332 g/mol. The van der Waals surface area contributed by atoms with Crippen LogP contribution in [0.25, 0.3) is 6.08 Å². The molecule has 1 aliphatic rings. The van der Waals surface area contributed by atoms with E-state index in [0.29, 0.717) is 16.1 Å². The molecular formula is C15H9FN2O4S. The number of phenols is 1. The molecule has 0 bridgehead atoms. The number of benzene rings is 2. The lowest BCUT2D eigenvalue weighted by Gasteiger charge is -2.18. The fourth-order valence-electron chi connectivity index (χ4n) is 2.06. The first kappa shape index (κ1) is 15.0. The van der Waals surface area contributed by atoms with Crippen molar-refractivity contribution in [1.29, 1.82) is 0 Å². The number of halogens is 1. The normalized spacial score (nSPS) is 15.2. The number of nitro benzene ring substituents is 1. The molecule has 0 aliphatic carbocycles. The number of phenolic OH excluding ortho intramolecular Hbond substituents is 1. The highest BCUT2D eigenvalue weighted by Crippen LogP contribution is 2.39. The molecule has 6 nitrogen and oxygen atoms in total. The van der Waals surface area contributed by atoms with Crippen molar-refractivity contribution in [2.75, 3.05) is 5.32 Å². The number of amides is 1. The van der Waals surface area contributed by atoms with Gasteiger partial charge in [0.2, 0.25) is 0 Å². The van der Waals surface area contributed by atoms with Crippen molar-refractivity contribution in [2.45, 2.75) is 4.90 Å². The third kappa shape index (κ3) is 3.02. The number of hydrogen-bond acceptors (Lipinski definition) is 5. The first-order chi connectivity index (χ1) is 10.9. The van der Waals surface area contributed by atoms with Gasteiger partial charge in [0.05, 0.1) is 15.5 Å². The van der Waals surface area contributed by atoms with Crippen LogP contribution in [0.2, 0.25) is 0 Å². The van der Waals surface area contributed by atoms with E-state index < -0.39 is 22.2 Å². The number of rotatable bonds is 2. The van der Waals surface area contributed by atoms with Crippen LogP contribution in [0.4, 0.5) is 15.8 Å². The predicted molar refractivity (Wildman–Crippen MR) is 83.6 cm³/mol. The first-order valence-electron chi connectivity index (χ1n) is 6.42.